The highest BCUT2D eigenvalue weighted by Gasteiger charge is 2.39. The van der Waals surface area contributed by atoms with Gasteiger partial charge in [-0.25, -0.2) is 4.79 Å². The Morgan fingerprint density at radius 3 is 2.82 bits per heavy atom. The maximum Gasteiger partial charge on any atom is 0.326 e. The third-order valence-electron chi connectivity index (χ3n) is 3.62. The number of carboxylic acids is 1. The molecule has 0 bridgehead atoms. The van der Waals surface area contributed by atoms with Crippen molar-refractivity contribution >= 4 is 11.9 Å². The first kappa shape index (κ1) is 14.2. The van der Waals surface area contributed by atoms with Crippen molar-refractivity contribution in [2.75, 3.05) is 0 Å². The molecule has 114 valence electrons. The molecule has 2 aromatic rings. The van der Waals surface area contributed by atoms with Gasteiger partial charge in [0.1, 0.15) is 6.04 Å². The van der Waals surface area contributed by atoms with Crippen molar-refractivity contribution < 1.29 is 19.2 Å². The number of carbonyl (C=O) groups is 2. The lowest BCUT2D eigenvalue weighted by Gasteiger charge is -2.25. The number of aliphatic carboxylic acids is 1. The Hall–Kier alpha value is -2.70. The summed E-state index contributed by atoms with van der Waals surface area (Å²) < 4.78 is 5.18. The number of aromatic nitrogens is 2. The van der Waals surface area contributed by atoms with Crippen LogP contribution in [0, 0.1) is 0 Å². The monoisotopic (exact) mass is 301 g/mol. The number of rotatable bonds is 5. The van der Waals surface area contributed by atoms with Crippen LogP contribution in [0.1, 0.15) is 30.3 Å². The molecule has 1 saturated carbocycles. The summed E-state index contributed by atoms with van der Waals surface area (Å²) in [5.41, 5.74) is 0.817. The zero-order valence-corrected chi connectivity index (χ0v) is 12.0. The molecule has 1 N–H and O–H groups in total. The molecule has 0 radical (unpaired) electrons. The summed E-state index contributed by atoms with van der Waals surface area (Å²) in [6, 6.07) is 4.14. The molecule has 1 aliphatic rings. The van der Waals surface area contributed by atoms with Crippen LogP contribution in [0.3, 0.4) is 0 Å². The van der Waals surface area contributed by atoms with E-state index in [-0.39, 0.29) is 11.7 Å². The summed E-state index contributed by atoms with van der Waals surface area (Å²) in [6.45, 7) is 1.50. The van der Waals surface area contributed by atoms with Crippen molar-refractivity contribution in [1.29, 1.82) is 0 Å². The largest absolute Gasteiger partial charge is 0.480 e. The van der Waals surface area contributed by atoms with Crippen LogP contribution in [-0.2, 0) is 4.79 Å². The fraction of sp³-hybridized carbons (Fsp3) is 0.333. The molecular formula is C15H15N3O4. The van der Waals surface area contributed by atoms with Gasteiger partial charge in [0, 0.05) is 30.1 Å². The minimum Gasteiger partial charge on any atom is -0.480 e. The molecule has 1 amide bonds. The van der Waals surface area contributed by atoms with Crippen LogP contribution in [0.2, 0.25) is 0 Å². The van der Waals surface area contributed by atoms with Gasteiger partial charge in [0.05, 0.1) is 0 Å². The molecule has 7 heteroatoms. The van der Waals surface area contributed by atoms with E-state index in [1.54, 1.807) is 24.5 Å². The first-order chi connectivity index (χ1) is 10.6. The Morgan fingerprint density at radius 2 is 2.23 bits per heavy atom. The molecule has 2 aromatic heterocycles. The summed E-state index contributed by atoms with van der Waals surface area (Å²) in [5, 5.41) is 12.9. The van der Waals surface area contributed by atoms with Gasteiger partial charge in [0.25, 0.3) is 5.91 Å². The summed E-state index contributed by atoms with van der Waals surface area (Å²) >= 11 is 0. The Labute approximate surface area is 126 Å². The SMILES string of the molecule is CC(C(=O)O)N(C(=O)c1cc(-c2cccnc2)on1)C1CC1. The van der Waals surface area contributed by atoms with E-state index in [4.69, 9.17) is 9.63 Å². The van der Waals surface area contributed by atoms with E-state index in [0.717, 1.165) is 12.8 Å². The highest BCUT2D eigenvalue weighted by atomic mass is 16.5. The molecule has 1 unspecified atom stereocenters. The minimum atomic E-state index is -1.03. The van der Waals surface area contributed by atoms with Crippen LogP contribution in [0.15, 0.2) is 35.1 Å². The van der Waals surface area contributed by atoms with E-state index < -0.39 is 17.9 Å². The second-order valence-corrected chi connectivity index (χ2v) is 5.28. The molecule has 1 fully saturated rings. The maximum atomic E-state index is 12.5. The topological polar surface area (TPSA) is 96.5 Å². The van der Waals surface area contributed by atoms with E-state index in [2.05, 4.69) is 10.1 Å². The maximum absolute atomic E-state index is 12.5. The van der Waals surface area contributed by atoms with Crippen molar-refractivity contribution in [3.63, 3.8) is 0 Å². The van der Waals surface area contributed by atoms with Gasteiger partial charge in [-0.3, -0.25) is 9.78 Å². The quantitative estimate of drug-likeness (QED) is 0.904. The second kappa shape index (κ2) is 5.59. The standard InChI is InChI=1S/C15H15N3O4/c1-9(15(20)21)18(11-4-5-11)14(19)12-7-13(22-17-12)10-3-2-6-16-8-10/h2-3,6-9,11H,4-5H2,1H3,(H,20,21). The lowest BCUT2D eigenvalue weighted by atomic mass is 10.2. The molecular weight excluding hydrogens is 286 g/mol. The van der Waals surface area contributed by atoms with Crippen molar-refractivity contribution in [3.05, 3.63) is 36.3 Å². The molecule has 0 aliphatic heterocycles. The predicted molar refractivity (Wildman–Crippen MR) is 76.0 cm³/mol. The average molecular weight is 301 g/mol. The zero-order chi connectivity index (χ0) is 15.7. The van der Waals surface area contributed by atoms with Crippen molar-refractivity contribution in [1.82, 2.24) is 15.0 Å². The lowest BCUT2D eigenvalue weighted by molar-refractivity contribution is -0.141. The third-order valence-corrected chi connectivity index (χ3v) is 3.62. The molecule has 7 nitrogen and oxygen atoms in total. The van der Waals surface area contributed by atoms with Gasteiger partial charge < -0.3 is 14.5 Å². The second-order valence-electron chi connectivity index (χ2n) is 5.28. The first-order valence-electron chi connectivity index (χ1n) is 7.00. The summed E-state index contributed by atoms with van der Waals surface area (Å²) in [4.78, 5) is 29.1. The number of nitrogens with zero attached hydrogens (tertiary/aromatic N) is 3. The van der Waals surface area contributed by atoms with Gasteiger partial charge in [0.2, 0.25) is 0 Å². The number of pyridine rings is 1. The summed E-state index contributed by atoms with van der Waals surface area (Å²) in [6.07, 6.45) is 4.87. The number of hydrogen-bond acceptors (Lipinski definition) is 5. The van der Waals surface area contributed by atoms with Gasteiger partial charge in [-0.15, -0.1) is 0 Å². The molecule has 2 heterocycles. The van der Waals surface area contributed by atoms with E-state index in [0.29, 0.717) is 11.3 Å². The fourth-order valence-electron chi connectivity index (χ4n) is 2.28. The lowest BCUT2D eigenvalue weighted by Crippen LogP contribution is -2.44. The Kier molecular flexibility index (Phi) is 3.62. The van der Waals surface area contributed by atoms with E-state index in [1.807, 2.05) is 0 Å². The van der Waals surface area contributed by atoms with Gasteiger partial charge in [0.15, 0.2) is 11.5 Å². The van der Waals surface area contributed by atoms with Gasteiger partial charge in [-0.05, 0) is 31.9 Å². The van der Waals surface area contributed by atoms with Crippen molar-refractivity contribution in [2.45, 2.75) is 31.8 Å². The Morgan fingerprint density at radius 1 is 1.45 bits per heavy atom. The Bertz CT molecular complexity index is 694. The molecule has 22 heavy (non-hydrogen) atoms. The highest BCUT2D eigenvalue weighted by Crippen LogP contribution is 2.30. The summed E-state index contributed by atoms with van der Waals surface area (Å²) in [5.74, 6) is -1.03. The van der Waals surface area contributed by atoms with Crippen molar-refractivity contribution in [2.24, 2.45) is 0 Å². The fourth-order valence-corrected chi connectivity index (χ4v) is 2.28. The molecule has 0 aromatic carbocycles. The van der Waals surface area contributed by atoms with Crippen LogP contribution in [0.25, 0.3) is 11.3 Å². The normalized spacial score (nSPS) is 15.3. The molecule has 1 aliphatic carbocycles. The van der Waals surface area contributed by atoms with Crippen LogP contribution >= 0.6 is 0 Å². The predicted octanol–water partition coefficient (Wildman–Crippen LogP) is 1.81. The third kappa shape index (κ3) is 2.69. The van der Waals surface area contributed by atoms with E-state index >= 15 is 0 Å². The zero-order valence-electron chi connectivity index (χ0n) is 12.0. The highest BCUT2D eigenvalue weighted by molar-refractivity contribution is 5.96. The smallest absolute Gasteiger partial charge is 0.326 e. The van der Waals surface area contributed by atoms with Gasteiger partial charge >= 0.3 is 5.97 Å². The van der Waals surface area contributed by atoms with Crippen LogP contribution < -0.4 is 0 Å². The van der Waals surface area contributed by atoms with Crippen LogP contribution in [0.4, 0.5) is 0 Å². The summed E-state index contributed by atoms with van der Waals surface area (Å²) in [7, 11) is 0. The first-order valence-corrected chi connectivity index (χ1v) is 7.00. The molecule has 0 spiro atoms. The van der Waals surface area contributed by atoms with Crippen LogP contribution in [0.5, 0.6) is 0 Å². The van der Waals surface area contributed by atoms with Crippen molar-refractivity contribution in [3.8, 4) is 11.3 Å². The van der Waals surface area contributed by atoms with Gasteiger partial charge in [-0.2, -0.15) is 0 Å². The number of amides is 1. The minimum absolute atomic E-state index is 0.0304. The number of carbonyl (C=O) groups excluding carboxylic acids is 1. The molecule has 0 saturated heterocycles. The average Bonchev–Trinajstić information content (AvgIpc) is 3.23. The van der Waals surface area contributed by atoms with Gasteiger partial charge in [-0.1, -0.05) is 5.16 Å². The Balaban J connectivity index is 1.85. The van der Waals surface area contributed by atoms with E-state index in [1.165, 1.54) is 17.9 Å². The van der Waals surface area contributed by atoms with E-state index in [9.17, 15) is 9.59 Å². The molecule has 1 atom stereocenters. The number of hydrogen-bond donors (Lipinski definition) is 1. The molecule has 3 rings (SSSR count). The van der Waals surface area contributed by atoms with Crippen LogP contribution in [-0.4, -0.2) is 44.1 Å². The number of carboxylic acid groups (broad SMARTS) is 1.